The molecule has 1 N–H and O–H groups in total. The monoisotopic (exact) mass is 454 g/mol. The smallest absolute Gasteiger partial charge is 0.224 e. The van der Waals surface area contributed by atoms with E-state index in [0.29, 0.717) is 35.0 Å². The van der Waals surface area contributed by atoms with E-state index in [4.69, 9.17) is 23.2 Å². The summed E-state index contributed by atoms with van der Waals surface area (Å²) in [6.45, 7) is 2.54. The zero-order chi connectivity index (χ0) is 21.0. The molecule has 1 saturated heterocycles. The Morgan fingerprint density at radius 3 is 2.59 bits per heavy atom. The van der Waals surface area contributed by atoms with E-state index in [2.05, 4.69) is 5.32 Å². The number of hydrogen-bond donors (Lipinski definition) is 1. The van der Waals surface area contributed by atoms with Crippen molar-refractivity contribution in [1.29, 1.82) is 0 Å². The minimum atomic E-state index is -3.56. The highest BCUT2D eigenvalue weighted by atomic mass is 35.5. The summed E-state index contributed by atoms with van der Waals surface area (Å²) >= 11 is 11.9. The Morgan fingerprint density at radius 1 is 1.17 bits per heavy atom. The number of benzene rings is 2. The molecule has 29 heavy (non-hydrogen) atoms. The fraction of sp³-hybridized carbons (Fsp3) is 0.381. The van der Waals surface area contributed by atoms with E-state index in [1.165, 1.54) is 4.31 Å². The number of rotatable bonds is 6. The van der Waals surface area contributed by atoms with Crippen LogP contribution in [0.4, 0.5) is 0 Å². The lowest BCUT2D eigenvalue weighted by molar-refractivity contribution is -0.126. The fourth-order valence-corrected chi connectivity index (χ4v) is 5.42. The van der Waals surface area contributed by atoms with Crippen molar-refractivity contribution in [3.8, 4) is 0 Å². The molecule has 3 rings (SSSR count). The summed E-state index contributed by atoms with van der Waals surface area (Å²) in [5, 5.41) is 3.72. The summed E-state index contributed by atoms with van der Waals surface area (Å²) in [6.07, 6.45) is 1.32. The molecular weight excluding hydrogens is 431 g/mol. The lowest BCUT2D eigenvalue weighted by Crippen LogP contribution is -2.46. The molecule has 0 aliphatic carbocycles. The summed E-state index contributed by atoms with van der Waals surface area (Å²) in [7, 11) is -3.56. The molecule has 2 aromatic carbocycles. The first-order valence-corrected chi connectivity index (χ1v) is 11.9. The van der Waals surface area contributed by atoms with Gasteiger partial charge < -0.3 is 5.32 Å². The molecule has 2 aromatic rings. The maximum absolute atomic E-state index is 12.9. The third kappa shape index (κ3) is 5.72. The lowest BCUT2D eigenvalue weighted by atomic mass is 9.98. The van der Waals surface area contributed by atoms with Gasteiger partial charge in [-0.05, 0) is 43.0 Å². The maximum atomic E-state index is 12.9. The number of nitrogens with zero attached hydrogens (tertiary/aromatic N) is 1. The van der Waals surface area contributed by atoms with Gasteiger partial charge in [-0.1, -0.05) is 59.6 Å². The molecular formula is C21H24Cl2N2O3S. The summed E-state index contributed by atoms with van der Waals surface area (Å²) in [6, 6.07) is 14.4. The van der Waals surface area contributed by atoms with Crippen LogP contribution < -0.4 is 5.32 Å². The van der Waals surface area contributed by atoms with Gasteiger partial charge in [0.1, 0.15) is 0 Å². The van der Waals surface area contributed by atoms with Crippen molar-refractivity contribution in [2.24, 2.45) is 5.92 Å². The third-order valence-corrected chi connectivity index (χ3v) is 7.70. The van der Waals surface area contributed by atoms with E-state index in [1.54, 1.807) is 18.2 Å². The fourth-order valence-electron chi connectivity index (χ4n) is 3.50. The highest BCUT2D eigenvalue weighted by molar-refractivity contribution is 7.88. The van der Waals surface area contributed by atoms with E-state index < -0.39 is 10.0 Å². The lowest BCUT2D eigenvalue weighted by Gasteiger charge is -2.32. The summed E-state index contributed by atoms with van der Waals surface area (Å²) in [5.74, 6) is -0.646. The zero-order valence-corrected chi connectivity index (χ0v) is 18.5. The van der Waals surface area contributed by atoms with Crippen molar-refractivity contribution in [1.82, 2.24) is 9.62 Å². The number of sulfonamides is 1. The Balaban J connectivity index is 1.64. The molecule has 0 unspecified atom stereocenters. The zero-order valence-electron chi connectivity index (χ0n) is 16.1. The van der Waals surface area contributed by atoms with Crippen LogP contribution in [0, 0.1) is 5.92 Å². The van der Waals surface area contributed by atoms with Gasteiger partial charge in [0.05, 0.1) is 27.8 Å². The molecule has 156 valence electrons. The van der Waals surface area contributed by atoms with Crippen molar-refractivity contribution >= 4 is 39.1 Å². The number of hydrogen-bond acceptors (Lipinski definition) is 3. The topological polar surface area (TPSA) is 66.5 Å². The number of nitrogens with one attached hydrogen (secondary N) is 1. The second kappa shape index (κ2) is 9.47. The summed E-state index contributed by atoms with van der Waals surface area (Å²) in [4.78, 5) is 12.7. The molecule has 0 radical (unpaired) electrons. The van der Waals surface area contributed by atoms with Gasteiger partial charge in [0.2, 0.25) is 15.9 Å². The molecule has 5 nitrogen and oxygen atoms in total. The minimum absolute atomic E-state index is 0.115. The number of carbonyl (C=O) groups excluding carboxylic acids is 1. The average Bonchev–Trinajstić information content (AvgIpc) is 2.71. The highest BCUT2D eigenvalue weighted by Gasteiger charge is 2.33. The van der Waals surface area contributed by atoms with Gasteiger partial charge in [0.25, 0.3) is 0 Å². The first-order valence-electron chi connectivity index (χ1n) is 9.53. The molecule has 1 fully saturated rings. The van der Waals surface area contributed by atoms with Gasteiger partial charge >= 0.3 is 0 Å². The summed E-state index contributed by atoms with van der Waals surface area (Å²) in [5.41, 5.74) is 1.59. The van der Waals surface area contributed by atoms with Crippen molar-refractivity contribution in [2.75, 3.05) is 13.1 Å². The highest BCUT2D eigenvalue weighted by Crippen LogP contribution is 2.26. The normalized spacial score (nSPS) is 18.9. The van der Waals surface area contributed by atoms with Crippen LogP contribution in [-0.4, -0.2) is 31.7 Å². The first-order chi connectivity index (χ1) is 13.8. The minimum Gasteiger partial charge on any atom is -0.349 e. The van der Waals surface area contributed by atoms with Crippen molar-refractivity contribution in [2.45, 2.75) is 31.6 Å². The quantitative estimate of drug-likeness (QED) is 0.702. The maximum Gasteiger partial charge on any atom is 0.224 e. The Morgan fingerprint density at radius 2 is 1.90 bits per heavy atom. The van der Waals surface area contributed by atoms with E-state index in [-0.39, 0.29) is 30.2 Å². The van der Waals surface area contributed by atoms with E-state index in [1.807, 2.05) is 37.3 Å². The number of carbonyl (C=O) groups is 1. The molecule has 0 saturated carbocycles. The molecule has 8 heteroatoms. The van der Waals surface area contributed by atoms with E-state index in [9.17, 15) is 13.2 Å². The predicted molar refractivity (Wildman–Crippen MR) is 116 cm³/mol. The van der Waals surface area contributed by atoms with Crippen LogP contribution in [-0.2, 0) is 20.6 Å². The van der Waals surface area contributed by atoms with Crippen molar-refractivity contribution < 1.29 is 13.2 Å². The SMILES string of the molecule is C[C@@H](NC(=O)[C@@H]1CCCN(S(=O)(=O)Cc2ccc(Cl)c(Cl)c2)C1)c1ccccc1. The van der Waals surface area contributed by atoms with Crippen LogP contribution in [0.25, 0.3) is 0 Å². The van der Waals surface area contributed by atoms with Crippen LogP contribution >= 0.6 is 23.2 Å². The standard InChI is InChI=1S/C21H24Cl2N2O3S/c1-15(17-6-3-2-4-7-17)24-21(26)18-8-5-11-25(13-18)29(27,28)14-16-9-10-19(22)20(23)12-16/h2-4,6-7,9-10,12,15,18H,5,8,11,13-14H2,1H3,(H,24,26)/t15-,18-/m1/s1. The predicted octanol–water partition coefficient (Wildman–Crippen LogP) is 4.41. The van der Waals surface area contributed by atoms with E-state index >= 15 is 0 Å². The molecule has 1 amide bonds. The van der Waals surface area contributed by atoms with Crippen LogP contribution in [0.3, 0.4) is 0 Å². The molecule has 0 spiro atoms. The number of halogens is 2. The third-order valence-electron chi connectivity index (χ3n) is 5.14. The van der Waals surface area contributed by atoms with Crippen LogP contribution in [0.1, 0.15) is 36.9 Å². The van der Waals surface area contributed by atoms with Gasteiger partial charge in [-0.2, -0.15) is 0 Å². The van der Waals surface area contributed by atoms with Crippen molar-refractivity contribution in [3.05, 3.63) is 69.7 Å². The molecule has 1 aliphatic rings. The Hall–Kier alpha value is -1.60. The number of amides is 1. The largest absolute Gasteiger partial charge is 0.349 e. The molecule has 0 aromatic heterocycles. The average molecular weight is 455 g/mol. The Labute approximate surface area is 182 Å². The molecule has 1 aliphatic heterocycles. The Bertz CT molecular complexity index is 967. The van der Waals surface area contributed by atoms with Gasteiger partial charge in [-0.15, -0.1) is 0 Å². The van der Waals surface area contributed by atoms with Crippen molar-refractivity contribution in [3.63, 3.8) is 0 Å². The van der Waals surface area contributed by atoms with Gasteiger partial charge in [0.15, 0.2) is 0 Å². The first kappa shape index (κ1) is 22.1. The van der Waals surface area contributed by atoms with Crippen LogP contribution in [0.5, 0.6) is 0 Å². The van der Waals surface area contributed by atoms with Gasteiger partial charge in [-0.3, -0.25) is 4.79 Å². The molecule has 1 heterocycles. The van der Waals surface area contributed by atoms with Gasteiger partial charge in [-0.25, -0.2) is 12.7 Å². The second-order valence-corrected chi connectivity index (χ2v) is 10.1. The Kier molecular flexibility index (Phi) is 7.22. The second-order valence-electron chi connectivity index (χ2n) is 7.34. The van der Waals surface area contributed by atoms with E-state index in [0.717, 1.165) is 5.56 Å². The molecule has 2 atom stereocenters. The van der Waals surface area contributed by atoms with Crippen LogP contribution in [0.2, 0.25) is 10.0 Å². The van der Waals surface area contributed by atoms with Gasteiger partial charge in [0, 0.05) is 13.1 Å². The summed E-state index contributed by atoms with van der Waals surface area (Å²) < 4.78 is 27.2. The van der Waals surface area contributed by atoms with Crippen LogP contribution in [0.15, 0.2) is 48.5 Å². The number of piperidine rings is 1. The molecule has 0 bridgehead atoms.